The first-order chi connectivity index (χ1) is 9.35. The zero-order chi connectivity index (χ0) is 15.3. The van der Waals surface area contributed by atoms with Crippen molar-refractivity contribution in [3.63, 3.8) is 0 Å². The van der Waals surface area contributed by atoms with E-state index in [0.717, 1.165) is 0 Å². The van der Waals surface area contributed by atoms with Crippen molar-refractivity contribution in [2.75, 3.05) is 6.61 Å². The Morgan fingerprint density at radius 1 is 1.35 bits per heavy atom. The number of urea groups is 1. The Bertz CT molecular complexity index is 507. The van der Waals surface area contributed by atoms with Gasteiger partial charge in [-0.05, 0) is 31.0 Å². The Kier molecular flexibility index (Phi) is 5.45. The number of nitrogens with one attached hydrogen (secondary N) is 2. The molecule has 0 aliphatic rings. The number of aryl methyl sites for hydroxylation is 1. The molecule has 0 heterocycles. The second-order valence-electron chi connectivity index (χ2n) is 4.42. The summed E-state index contributed by atoms with van der Waals surface area (Å²) >= 11 is 0. The van der Waals surface area contributed by atoms with Crippen molar-refractivity contribution in [3.05, 3.63) is 35.1 Å². The number of benzene rings is 1. The lowest BCUT2D eigenvalue weighted by Crippen LogP contribution is -2.48. The molecule has 2 amide bonds. The van der Waals surface area contributed by atoms with Crippen molar-refractivity contribution in [2.45, 2.75) is 25.9 Å². The molecular formula is C13H17FN2O4. The molecule has 4 N–H and O–H groups in total. The minimum Gasteiger partial charge on any atom is -0.480 e. The largest absolute Gasteiger partial charge is 0.480 e. The zero-order valence-corrected chi connectivity index (χ0v) is 11.2. The van der Waals surface area contributed by atoms with Gasteiger partial charge in [-0.15, -0.1) is 0 Å². The summed E-state index contributed by atoms with van der Waals surface area (Å²) in [5, 5.41) is 22.0. The van der Waals surface area contributed by atoms with Crippen molar-refractivity contribution < 1.29 is 24.2 Å². The summed E-state index contributed by atoms with van der Waals surface area (Å²) in [5.41, 5.74) is 1.05. The van der Waals surface area contributed by atoms with E-state index in [0.29, 0.717) is 11.1 Å². The molecule has 7 heteroatoms. The van der Waals surface area contributed by atoms with Crippen LogP contribution in [-0.4, -0.2) is 34.9 Å². The quantitative estimate of drug-likeness (QED) is 0.646. The van der Waals surface area contributed by atoms with Crippen LogP contribution < -0.4 is 10.6 Å². The highest BCUT2D eigenvalue weighted by Gasteiger charge is 2.19. The Hall–Kier alpha value is -2.15. The van der Waals surface area contributed by atoms with Gasteiger partial charge in [-0.25, -0.2) is 14.0 Å². The minimum atomic E-state index is -1.38. The van der Waals surface area contributed by atoms with E-state index in [4.69, 9.17) is 10.2 Å². The van der Waals surface area contributed by atoms with Crippen molar-refractivity contribution in [1.29, 1.82) is 0 Å². The Labute approximate surface area is 115 Å². The second kappa shape index (κ2) is 6.85. The van der Waals surface area contributed by atoms with Crippen molar-refractivity contribution in [3.8, 4) is 0 Å². The van der Waals surface area contributed by atoms with E-state index >= 15 is 0 Å². The van der Waals surface area contributed by atoms with Gasteiger partial charge in [0.25, 0.3) is 0 Å². The molecule has 110 valence electrons. The molecule has 6 nitrogen and oxygen atoms in total. The molecule has 0 spiro atoms. The van der Waals surface area contributed by atoms with Crippen LogP contribution in [0.4, 0.5) is 9.18 Å². The number of rotatable bonds is 5. The van der Waals surface area contributed by atoms with E-state index < -0.39 is 30.7 Å². The Morgan fingerprint density at radius 2 is 2.00 bits per heavy atom. The summed E-state index contributed by atoms with van der Waals surface area (Å²) in [6.07, 6.45) is 0. The maximum atomic E-state index is 13.4. The van der Waals surface area contributed by atoms with E-state index in [2.05, 4.69) is 10.6 Å². The summed E-state index contributed by atoms with van der Waals surface area (Å²) in [6, 6.07) is 1.94. The van der Waals surface area contributed by atoms with Gasteiger partial charge < -0.3 is 20.8 Å². The third-order valence-corrected chi connectivity index (χ3v) is 2.83. The Morgan fingerprint density at radius 3 is 2.50 bits per heavy atom. The lowest BCUT2D eigenvalue weighted by molar-refractivity contribution is -0.140. The number of aliphatic hydroxyl groups is 1. The molecule has 0 saturated heterocycles. The number of aliphatic hydroxyl groups excluding tert-OH is 1. The van der Waals surface area contributed by atoms with Gasteiger partial charge in [0, 0.05) is 0 Å². The third kappa shape index (κ3) is 4.20. The number of carbonyl (C=O) groups excluding carboxylic acids is 1. The summed E-state index contributed by atoms with van der Waals surface area (Å²) in [6.45, 7) is 2.55. The topological polar surface area (TPSA) is 98.7 Å². The highest BCUT2D eigenvalue weighted by Crippen LogP contribution is 2.16. The van der Waals surface area contributed by atoms with E-state index in [-0.39, 0.29) is 5.82 Å². The molecule has 1 aromatic rings. The predicted octanol–water partition coefficient (Wildman–Crippen LogP) is 0.940. The lowest BCUT2D eigenvalue weighted by Gasteiger charge is -2.17. The maximum absolute atomic E-state index is 13.4. The van der Waals surface area contributed by atoms with Crippen LogP contribution in [-0.2, 0) is 4.79 Å². The van der Waals surface area contributed by atoms with Crippen molar-refractivity contribution >= 4 is 12.0 Å². The molecule has 0 radical (unpaired) electrons. The van der Waals surface area contributed by atoms with Gasteiger partial charge in [0.1, 0.15) is 5.82 Å². The van der Waals surface area contributed by atoms with Gasteiger partial charge >= 0.3 is 12.0 Å². The monoisotopic (exact) mass is 284 g/mol. The average molecular weight is 284 g/mol. The fourth-order valence-corrected chi connectivity index (χ4v) is 1.54. The number of hydrogen-bond acceptors (Lipinski definition) is 3. The number of aliphatic carboxylic acids is 1. The molecule has 0 aliphatic carbocycles. The summed E-state index contributed by atoms with van der Waals surface area (Å²) in [7, 11) is 0. The number of amides is 2. The number of carboxylic acid groups (broad SMARTS) is 1. The van der Waals surface area contributed by atoms with Gasteiger partial charge in [0.2, 0.25) is 0 Å². The number of carboxylic acids is 1. The first kappa shape index (κ1) is 15.9. The molecule has 20 heavy (non-hydrogen) atoms. The van der Waals surface area contributed by atoms with Crippen molar-refractivity contribution in [2.24, 2.45) is 0 Å². The Balaban J connectivity index is 2.65. The predicted molar refractivity (Wildman–Crippen MR) is 69.7 cm³/mol. The number of carbonyl (C=O) groups is 2. The van der Waals surface area contributed by atoms with E-state index in [1.807, 2.05) is 0 Å². The van der Waals surface area contributed by atoms with Gasteiger partial charge in [-0.2, -0.15) is 0 Å². The highest BCUT2D eigenvalue weighted by atomic mass is 19.1. The van der Waals surface area contributed by atoms with Crippen LogP contribution in [0.1, 0.15) is 24.1 Å². The van der Waals surface area contributed by atoms with Gasteiger partial charge in [0.15, 0.2) is 6.04 Å². The molecule has 0 bridgehead atoms. The summed E-state index contributed by atoms with van der Waals surface area (Å²) in [4.78, 5) is 22.2. The normalized spacial score (nSPS) is 13.4. The molecule has 0 fully saturated rings. The highest BCUT2D eigenvalue weighted by molar-refractivity contribution is 5.82. The number of hydrogen-bond donors (Lipinski definition) is 4. The molecule has 0 saturated carbocycles. The van der Waals surface area contributed by atoms with Gasteiger partial charge in [-0.1, -0.05) is 12.1 Å². The van der Waals surface area contributed by atoms with Crippen LogP contribution in [0.15, 0.2) is 18.2 Å². The lowest BCUT2D eigenvalue weighted by atomic mass is 10.1. The molecule has 0 aromatic heterocycles. The van der Waals surface area contributed by atoms with Crippen molar-refractivity contribution in [1.82, 2.24) is 10.6 Å². The van der Waals surface area contributed by atoms with E-state index in [1.54, 1.807) is 26.0 Å². The van der Waals surface area contributed by atoms with Crippen LogP contribution in [0.3, 0.4) is 0 Å². The minimum absolute atomic E-state index is 0.379. The molecule has 1 aromatic carbocycles. The zero-order valence-electron chi connectivity index (χ0n) is 11.2. The molecule has 2 atom stereocenters. The van der Waals surface area contributed by atoms with Crippen LogP contribution in [0.25, 0.3) is 0 Å². The first-order valence-corrected chi connectivity index (χ1v) is 6.02. The molecule has 1 rings (SSSR count). The summed E-state index contributed by atoms with van der Waals surface area (Å²) in [5.74, 6) is -1.72. The molecular weight excluding hydrogens is 267 g/mol. The number of halogens is 1. The SMILES string of the molecule is Cc1ccc(C(C)NC(=O)NC(CO)C(=O)O)cc1F. The maximum Gasteiger partial charge on any atom is 0.328 e. The van der Waals surface area contributed by atoms with E-state index in [9.17, 15) is 14.0 Å². The average Bonchev–Trinajstić information content (AvgIpc) is 2.38. The summed E-state index contributed by atoms with van der Waals surface area (Å²) < 4.78 is 13.4. The molecule has 2 unspecified atom stereocenters. The first-order valence-electron chi connectivity index (χ1n) is 6.02. The van der Waals surface area contributed by atoms with E-state index in [1.165, 1.54) is 6.07 Å². The van der Waals surface area contributed by atoms with Crippen LogP contribution in [0, 0.1) is 12.7 Å². The van der Waals surface area contributed by atoms with Gasteiger partial charge in [-0.3, -0.25) is 0 Å². The third-order valence-electron chi connectivity index (χ3n) is 2.83. The van der Waals surface area contributed by atoms with Crippen LogP contribution in [0.5, 0.6) is 0 Å². The standard InChI is InChI=1S/C13H17FN2O4/c1-7-3-4-9(5-10(7)14)8(2)15-13(20)16-11(6-17)12(18)19/h3-5,8,11,17H,6H2,1-2H3,(H,18,19)(H2,15,16,20). The van der Waals surface area contributed by atoms with Crippen LogP contribution in [0.2, 0.25) is 0 Å². The smallest absolute Gasteiger partial charge is 0.328 e. The van der Waals surface area contributed by atoms with Crippen LogP contribution >= 0.6 is 0 Å². The fraction of sp³-hybridized carbons (Fsp3) is 0.385. The fourth-order valence-electron chi connectivity index (χ4n) is 1.54. The second-order valence-corrected chi connectivity index (χ2v) is 4.42. The van der Waals surface area contributed by atoms with Gasteiger partial charge in [0.05, 0.1) is 12.6 Å². The molecule has 0 aliphatic heterocycles.